The van der Waals surface area contributed by atoms with E-state index in [0.29, 0.717) is 25.6 Å². The number of imidazole rings is 1. The molecular formula is C14H18N4O2. The normalized spacial score (nSPS) is 22.2. The first-order valence-corrected chi connectivity index (χ1v) is 6.73. The van der Waals surface area contributed by atoms with Crippen LogP contribution in [0, 0.1) is 0 Å². The van der Waals surface area contributed by atoms with E-state index in [0.717, 1.165) is 11.4 Å². The van der Waals surface area contributed by atoms with Gasteiger partial charge in [0.1, 0.15) is 17.7 Å². The van der Waals surface area contributed by atoms with Gasteiger partial charge in [0.2, 0.25) is 0 Å². The number of hydrogen-bond acceptors (Lipinski definition) is 5. The van der Waals surface area contributed by atoms with Crippen LogP contribution in [-0.4, -0.2) is 40.5 Å². The van der Waals surface area contributed by atoms with E-state index in [9.17, 15) is 0 Å². The summed E-state index contributed by atoms with van der Waals surface area (Å²) < 4.78 is 13.4. The van der Waals surface area contributed by atoms with E-state index in [4.69, 9.17) is 15.2 Å². The number of rotatable bonds is 4. The Morgan fingerprint density at radius 2 is 2.30 bits per heavy atom. The van der Waals surface area contributed by atoms with Gasteiger partial charge in [-0.15, -0.1) is 0 Å². The Morgan fingerprint density at radius 3 is 3.10 bits per heavy atom. The molecule has 6 heteroatoms. The summed E-state index contributed by atoms with van der Waals surface area (Å²) in [5.74, 6) is 1.35. The molecule has 6 nitrogen and oxygen atoms in total. The molecule has 2 aromatic rings. The minimum atomic E-state index is 0.0622. The van der Waals surface area contributed by atoms with Crippen molar-refractivity contribution in [1.82, 2.24) is 14.5 Å². The third-order valence-corrected chi connectivity index (χ3v) is 3.45. The number of nitrogen functional groups attached to an aromatic ring is 1. The standard InChI is InChI=1S/C14H18N4O2/c1-2-20-12-9-19-8-11(12)18-6-5-17-14(18)10-3-4-16-13(15)7-10/h3-7,11-12H,2,8-9H2,1H3,(H2,15,16)/t11-,12-/m0/s1. The van der Waals surface area contributed by atoms with Crippen LogP contribution in [-0.2, 0) is 9.47 Å². The molecular weight excluding hydrogens is 256 g/mol. The molecule has 2 N–H and O–H groups in total. The Balaban J connectivity index is 1.94. The number of pyridine rings is 1. The van der Waals surface area contributed by atoms with Crippen molar-refractivity contribution in [3.63, 3.8) is 0 Å². The number of nitrogens with zero attached hydrogens (tertiary/aromatic N) is 3. The first-order chi connectivity index (χ1) is 9.79. The van der Waals surface area contributed by atoms with E-state index in [1.165, 1.54) is 0 Å². The van der Waals surface area contributed by atoms with E-state index in [2.05, 4.69) is 14.5 Å². The van der Waals surface area contributed by atoms with E-state index in [1.54, 1.807) is 12.4 Å². The second-order valence-corrected chi connectivity index (χ2v) is 4.73. The average molecular weight is 274 g/mol. The molecule has 0 amide bonds. The maximum absolute atomic E-state index is 5.75. The van der Waals surface area contributed by atoms with Crippen LogP contribution in [0.5, 0.6) is 0 Å². The predicted molar refractivity (Wildman–Crippen MR) is 75.1 cm³/mol. The summed E-state index contributed by atoms with van der Waals surface area (Å²) in [7, 11) is 0. The predicted octanol–water partition coefficient (Wildman–Crippen LogP) is 1.50. The summed E-state index contributed by atoms with van der Waals surface area (Å²) in [5.41, 5.74) is 6.69. The van der Waals surface area contributed by atoms with Crippen molar-refractivity contribution in [3.05, 3.63) is 30.7 Å². The van der Waals surface area contributed by atoms with Crippen LogP contribution in [0.1, 0.15) is 13.0 Å². The number of aromatic nitrogens is 3. The fraction of sp³-hybridized carbons (Fsp3) is 0.429. The van der Waals surface area contributed by atoms with E-state index in [-0.39, 0.29) is 12.1 Å². The van der Waals surface area contributed by atoms with E-state index >= 15 is 0 Å². The molecule has 0 aliphatic carbocycles. The van der Waals surface area contributed by atoms with Crippen LogP contribution in [0.15, 0.2) is 30.7 Å². The smallest absolute Gasteiger partial charge is 0.140 e. The summed E-state index contributed by atoms with van der Waals surface area (Å²) in [6.45, 7) is 3.92. The molecule has 1 fully saturated rings. The minimum absolute atomic E-state index is 0.0622. The lowest BCUT2D eigenvalue weighted by molar-refractivity contribution is 0.0364. The quantitative estimate of drug-likeness (QED) is 0.914. The van der Waals surface area contributed by atoms with Crippen molar-refractivity contribution >= 4 is 5.82 Å². The molecule has 0 unspecified atom stereocenters. The summed E-state index contributed by atoms with van der Waals surface area (Å²) >= 11 is 0. The highest BCUT2D eigenvalue weighted by molar-refractivity contribution is 5.59. The molecule has 0 radical (unpaired) electrons. The Labute approximate surface area is 117 Å². The van der Waals surface area contributed by atoms with Gasteiger partial charge < -0.3 is 19.8 Å². The molecule has 3 heterocycles. The highest BCUT2D eigenvalue weighted by atomic mass is 16.5. The van der Waals surface area contributed by atoms with E-state index < -0.39 is 0 Å². The molecule has 3 rings (SSSR count). The third kappa shape index (κ3) is 2.39. The van der Waals surface area contributed by atoms with Gasteiger partial charge in [0.15, 0.2) is 0 Å². The molecule has 0 aromatic carbocycles. The van der Waals surface area contributed by atoms with Crippen molar-refractivity contribution < 1.29 is 9.47 Å². The Morgan fingerprint density at radius 1 is 1.40 bits per heavy atom. The Bertz CT molecular complexity index is 584. The van der Waals surface area contributed by atoms with Crippen LogP contribution < -0.4 is 5.73 Å². The first kappa shape index (κ1) is 13.1. The highest BCUT2D eigenvalue weighted by Crippen LogP contribution is 2.28. The lowest BCUT2D eigenvalue weighted by Gasteiger charge is -2.21. The summed E-state index contributed by atoms with van der Waals surface area (Å²) in [6, 6.07) is 3.87. The number of anilines is 1. The van der Waals surface area contributed by atoms with Crippen LogP contribution in [0.3, 0.4) is 0 Å². The second-order valence-electron chi connectivity index (χ2n) is 4.73. The lowest BCUT2D eigenvalue weighted by atomic mass is 10.2. The maximum Gasteiger partial charge on any atom is 0.140 e. The van der Waals surface area contributed by atoms with Crippen LogP contribution in [0.2, 0.25) is 0 Å². The van der Waals surface area contributed by atoms with Crippen molar-refractivity contribution in [2.75, 3.05) is 25.6 Å². The molecule has 1 aliphatic rings. The molecule has 0 spiro atoms. The van der Waals surface area contributed by atoms with E-state index in [1.807, 2.05) is 25.3 Å². The van der Waals surface area contributed by atoms with Gasteiger partial charge in [-0.2, -0.15) is 0 Å². The lowest BCUT2D eigenvalue weighted by Crippen LogP contribution is -2.25. The molecule has 0 bridgehead atoms. The maximum atomic E-state index is 5.75. The topological polar surface area (TPSA) is 75.2 Å². The van der Waals surface area contributed by atoms with Gasteiger partial charge in [0.05, 0.1) is 19.3 Å². The highest BCUT2D eigenvalue weighted by Gasteiger charge is 2.31. The molecule has 0 saturated carbocycles. The van der Waals surface area contributed by atoms with Gasteiger partial charge in [0, 0.05) is 30.8 Å². The number of hydrogen-bond donors (Lipinski definition) is 1. The molecule has 106 valence electrons. The third-order valence-electron chi connectivity index (χ3n) is 3.45. The fourth-order valence-electron chi connectivity index (χ4n) is 2.55. The number of nitrogens with two attached hydrogens (primary N) is 1. The Kier molecular flexibility index (Phi) is 3.66. The molecule has 1 saturated heterocycles. The summed E-state index contributed by atoms with van der Waals surface area (Å²) in [6.07, 6.45) is 5.49. The fourth-order valence-corrected chi connectivity index (χ4v) is 2.55. The second kappa shape index (κ2) is 5.60. The monoisotopic (exact) mass is 274 g/mol. The van der Waals surface area contributed by atoms with Gasteiger partial charge in [0.25, 0.3) is 0 Å². The molecule has 1 aliphatic heterocycles. The largest absolute Gasteiger partial charge is 0.384 e. The summed E-state index contributed by atoms with van der Waals surface area (Å²) in [4.78, 5) is 8.45. The van der Waals surface area contributed by atoms with Crippen molar-refractivity contribution in [2.45, 2.75) is 19.1 Å². The zero-order chi connectivity index (χ0) is 13.9. The Hall–Kier alpha value is -1.92. The van der Waals surface area contributed by atoms with Crippen LogP contribution in [0.25, 0.3) is 11.4 Å². The van der Waals surface area contributed by atoms with Gasteiger partial charge in [-0.25, -0.2) is 9.97 Å². The first-order valence-electron chi connectivity index (χ1n) is 6.73. The van der Waals surface area contributed by atoms with Crippen molar-refractivity contribution in [1.29, 1.82) is 0 Å². The van der Waals surface area contributed by atoms with Gasteiger partial charge >= 0.3 is 0 Å². The number of ether oxygens (including phenoxy) is 2. The summed E-state index contributed by atoms with van der Waals surface area (Å²) in [5, 5.41) is 0. The SMILES string of the molecule is CCO[C@H]1COC[C@@H]1n1ccnc1-c1ccnc(N)c1. The molecule has 2 atom stereocenters. The van der Waals surface area contributed by atoms with Gasteiger partial charge in [-0.1, -0.05) is 0 Å². The van der Waals surface area contributed by atoms with Gasteiger partial charge in [-0.3, -0.25) is 0 Å². The molecule has 2 aromatic heterocycles. The van der Waals surface area contributed by atoms with Crippen LogP contribution in [0.4, 0.5) is 5.82 Å². The minimum Gasteiger partial charge on any atom is -0.384 e. The molecule has 20 heavy (non-hydrogen) atoms. The zero-order valence-corrected chi connectivity index (χ0v) is 11.4. The average Bonchev–Trinajstić information content (AvgIpc) is 3.07. The van der Waals surface area contributed by atoms with Crippen LogP contribution >= 0.6 is 0 Å². The zero-order valence-electron chi connectivity index (χ0n) is 11.4. The van der Waals surface area contributed by atoms with Gasteiger partial charge in [-0.05, 0) is 19.1 Å². The van der Waals surface area contributed by atoms with Crippen molar-refractivity contribution in [3.8, 4) is 11.4 Å². The van der Waals surface area contributed by atoms with Crippen molar-refractivity contribution in [2.24, 2.45) is 0 Å².